The van der Waals surface area contributed by atoms with Gasteiger partial charge in [0.25, 0.3) is 0 Å². The van der Waals surface area contributed by atoms with Gasteiger partial charge in [-0.1, -0.05) is 18.2 Å². The zero-order valence-corrected chi connectivity index (χ0v) is 12.8. The molecule has 0 radical (unpaired) electrons. The lowest BCUT2D eigenvalue weighted by Gasteiger charge is -2.14. The molecule has 1 aromatic rings. The van der Waals surface area contributed by atoms with Gasteiger partial charge in [0.15, 0.2) is 0 Å². The normalized spacial score (nSPS) is 17.0. The van der Waals surface area contributed by atoms with Crippen LogP contribution in [0.1, 0.15) is 35.2 Å². The van der Waals surface area contributed by atoms with Crippen molar-refractivity contribution in [2.45, 2.75) is 25.0 Å². The Morgan fingerprint density at radius 1 is 1.33 bits per heavy atom. The molecule has 2 rings (SSSR count). The Morgan fingerprint density at radius 2 is 2.00 bits per heavy atom. The van der Waals surface area contributed by atoms with E-state index in [0.29, 0.717) is 23.3 Å². The summed E-state index contributed by atoms with van der Waals surface area (Å²) in [5, 5.41) is 0. The van der Waals surface area contributed by atoms with Gasteiger partial charge in [0, 0.05) is 27.9 Å². The van der Waals surface area contributed by atoms with Gasteiger partial charge in [-0.05, 0) is 29.9 Å². The zero-order valence-electron chi connectivity index (χ0n) is 12.0. The van der Waals surface area contributed by atoms with Gasteiger partial charge in [0.1, 0.15) is 0 Å². The molecular weight excluding hydrogens is 290 g/mol. The zero-order chi connectivity index (χ0) is 15.5. The second kappa shape index (κ2) is 6.39. The molecule has 1 aromatic carbocycles. The van der Waals surface area contributed by atoms with E-state index in [1.54, 1.807) is 24.3 Å². The van der Waals surface area contributed by atoms with E-state index in [2.05, 4.69) is 4.74 Å². The lowest BCUT2D eigenvalue weighted by Crippen LogP contribution is -2.20. The largest absolute Gasteiger partial charge is 0.469 e. The maximum Gasteiger partial charge on any atom is 0.306 e. The van der Waals surface area contributed by atoms with E-state index in [9.17, 15) is 13.8 Å². The van der Waals surface area contributed by atoms with E-state index in [4.69, 9.17) is 5.73 Å². The fraction of sp³-hybridized carbons (Fsp3) is 0.467. The molecule has 2 N–H and O–H groups in total. The fourth-order valence-corrected chi connectivity index (χ4v) is 4.15. The molecule has 0 heterocycles. The molecule has 114 valence electrons. The summed E-state index contributed by atoms with van der Waals surface area (Å²) in [4.78, 5) is 22.7. The second-order valence-electron chi connectivity index (χ2n) is 5.50. The maximum absolute atomic E-state index is 12.3. The first-order valence-corrected chi connectivity index (χ1v) is 8.24. The van der Waals surface area contributed by atoms with Crippen molar-refractivity contribution in [2.75, 3.05) is 12.9 Å². The summed E-state index contributed by atoms with van der Waals surface area (Å²) in [5.74, 6) is -0.0441. The van der Waals surface area contributed by atoms with Crippen molar-refractivity contribution in [3.8, 4) is 0 Å². The summed E-state index contributed by atoms with van der Waals surface area (Å²) in [6.07, 6.45) is 2.10. The Bertz CT molecular complexity index is 581. The van der Waals surface area contributed by atoms with Crippen LogP contribution in [0, 0.1) is 5.41 Å². The molecule has 21 heavy (non-hydrogen) atoms. The third-order valence-corrected chi connectivity index (χ3v) is 5.34. The average molecular weight is 309 g/mol. The predicted molar refractivity (Wildman–Crippen MR) is 80.0 cm³/mol. The first kappa shape index (κ1) is 15.7. The number of amides is 1. The molecule has 0 aromatic heterocycles. The summed E-state index contributed by atoms with van der Waals surface area (Å²) >= 11 is 0. The van der Waals surface area contributed by atoms with Crippen molar-refractivity contribution < 1.29 is 18.5 Å². The predicted octanol–water partition coefficient (Wildman–Crippen LogP) is 1.38. The van der Waals surface area contributed by atoms with Crippen molar-refractivity contribution in [2.24, 2.45) is 11.1 Å². The summed E-state index contributed by atoms with van der Waals surface area (Å²) in [6, 6.07) is 6.92. The lowest BCUT2D eigenvalue weighted by molar-refractivity contribution is -0.141. The summed E-state index contributed by atoms with van der Waals surface area (Å²) in [5.41, 5.74) is 6.23. The monoisotopic (exact) mass is 309 g/mol. The van der Waals surface area contributed by atoms with Crippen molar-refractivity contribution in [3.05, 3.63) is 35.4 Å². The van der Waals surface area contributed by atoms with Crippen LogP contribution in [0.5, 0.6) is 0 Å². The molecule has 1 saturated carbocycles. The number of carbonyl (C=O) groups excluding carboxylic acids is 2. The molecule has 0 bridgehead atoms. The Balaban J connectivity index is 2.00. The van der Waals surface area contributed by atoms with Gasteiger partial charge in [0.2, 0.25) is 5.91 Å². The lowest BCUT2D eigenvalue weighted by atomic mass is 10.1. The fourth-order valence-electron chi connectivity index (χ4n) is 2.38. The van der Waals surface area contributed by atoms with Gasteiger partial charge in [-0.25, -0.2) is 0 Å². The number of hydrogen-bond acceptors (Lipinski definition) is 4. The SMILES string of the molecule is COC(=O)CC1(CS(=O)Cc2ccccc2C(N)=O)CC1. The smallest absolute Gasteiger partial charge is 0.306 e. The highest BCUT2D eigenvalue weighted by molar-refractivity contribution is 7.84. The quantitative estimate of drug-likeness (QED) is 0.771. The van der Waals surface area contributed by atoms with Crippen LogP contribution in [0.4, 0.5) is 0 Å². The third-order valence-electron chi connectivity index (χ3n) is 3.77. The van der Waals surface area contributed by atoms with Gasteiger partial charge in [-0.2, -0.15) is 0 Å². The highest BCUT2D eigenvalue weighted by Crippen LogP contribution is 2.49. The van der Waals surface area contributed by atoms with Crippen LogP contribution in [0.15, 0.2) is 24.3 Å². The Hall–Kier alpha value is -1.69. The minimum absolute atomic E-state index is 0.181. The van der Waals surface area contributed by atoms with E-state index in [1.165, 1.54) is 7.11 Å². The first-order valence-electron chi connectivity index (χ1n) is 6.75. The van der Waals surface area contributed by atoms with E-state index < -0.39 is 16.7 Å². The van der Waals surface area contributed by atoms with E-state index in [-0.39, 0.29) is 17.1 Å². The number of methoxy groups -OCH3 is 1. The highest BCUT2D eigenvalue weighted by Gasteiger charge is 2.45. The summed E-state index contributed by atoms with van der Waals surface area (Å²) < 4.78 is 17.0. The van der Waals surface area contributed by atoms with Crippen LogP contribution in [0.2, 0.25) is 0 Å². The van der Waals surface area contributed by atoms with Gasteiger partial charge in [-0.15, -0.1) is 0 Å². The number of ether oxygens (including phenoxy) is 1. The van der Waals surface area contributed by atoms with Crippen LogP contribution in [-0.2, 0) is 26.1 Å². The molecule has 6 heteroatoms. The first-order chi connectivity index (χ1) is 9.96. The Morgan fingerprint density at radius 3 is 2.57 bits per heavy atom. The Kier molecular flexibility index (Phi) is 4.77. The molecule has 0 saturated heterocycles. The molecule has 1 unspecified atom stereocenters. The van der Waals surface area contributed by atoms with Gasteiger partial charge in [0.05, 0.1) is 13.5 Å². The number of rotatable bonds is 7. The van der Waals surface area contributed by atoms with Crippen molar-refractivity contribution in [1.29, 1.82) is 0 Å². The molecule has 1 fully saturated rings. The van der Waals surface area contributed by atoms with Gasteiger partial charge in [-0.3, -0.25) is 13.8 Å². The van der Waals surface area contributed by atoms with Gasteiger partial charge < -0.3 is 10.5 Å². The number of hydrogen-bond donors (Lipinski definition) is 1. The molecule has 5 nitrogen and oxygen atoms in total. The van der Waals surface area contributed by atoms with Crippen LogP contribution in [0.3, 0.4) is 0 Å². The maximum atomic E-state index is 12.3. The van der Waals surface area contributed by atoms with Crippen LogP contribution < -0.4 is 5.73 Å². The number of esters is 1. The third kappa shape index (κ3) is 4.14. The standard InChI is InChI=1S/C15H19NO4S/c1-20-13(17)8-15(6-7-15)10-21(19)9-11-4-2-3-5-12(11)14(16)18/h2-5H,6-10H2,1H3,(H2,16,18). The number of primary amides is 1. The van der Waals surface area contributed by atoms with Crippen LogP contribution in [0.25, 0.3) is 0 Å². The number of benzene rings is 1. The average Bonchev–Trinajstić information content (AvgIpc) is 3.17. The second-order valence-corrected chi connectivity index (χ2v) is 6.96. The molecule has 0 spiro atoms. The molecule has 0 aliphatic heterocycles. The van der Waals surface area contributed by atoms with Crippen LogP contribution >= 0.6 is 0 Å². The molecule has 1 aliphatic rings. The number of carbonyl (C=O) groups is 2. The topological polar surface area (TPSA) is 86.5 Å². The molecule has 1 aliphatic carbocycles. The van der Waals surface area contributed by atoms with Gasteiger partial charge >= 0.3 is 5.97 Å². The van der Waals surface area contributed by atoms with Crippen molar-refractivity contribution in [3.63, 3.8) is 0 Å². The Labute approximate surface area is 126 Å². The minimum atomic E-state index is -1.14. The number of nitrogens with two attached hydrogens (primary N) is 1. The molecule has 1 amide bonds. The van der Waals surface area contributed by atoms with E-state index in [0.717, 1.165) is 12.8 Å². The molecule has 1 atom stereocenters. The van der Waals surface area contributed by atoms with E-state index >= 15 is 0 Å². The van der Waals surface area contributed by atoms with Crippen LogP contribution in [-0.4, -0.2) is 28.9 Å². The minimum Gasteiger partial charge on any atom is -0.469 e. The highest BCUT2D eigenvalue weighted by atomic mass is 32.2. The molecular formula is C15H19NO4S. The van der Waals surface area contributed by atoms with Crippen molar-refractivity contribution >= 4 is 22.7 Å². The van der Waals surface area contributed by atoms with Crippen molar-refractivity contribution in [1.82, 2.24) is 0 Å². The van der Waals surface area contributed by atoms with E-state index in [1.807, 2.05) is 0 Å². The summed E-state index contributed by atoms with van der Waals surface area (Å²) in [6.45, 7) is 0. The summed E-state index contributed by atoms with van der Waals surface area (Å²) in [7, 11) is 0.221.